The van der Waals surface area contributed by atoms with Crippen LogP contribution < -0.4 is 10.5 Å². The molecule has 0 aliphatic heterocycles. The maximum absolute atomic E-state index is 5.91. The number of halogens is 2. The van der Waals surface area contributed by atoms with Gasteiger partial charge >= 0.3 is 0 Å². The van der Waals surface area contributed by atoms with E-state index >= 15 is 0 Å². The molecule has 0 atom stereocenters. The van der Waals surface area contributed by atoms with Crippen LogP contribution in [0, 0.1) is 5.92 Å². The van der Waals surface area contributed by atoms with Gasteiger partial charge < -0.3 is 10.5 Å². The van der Waals surface area contributed by atoms with Crippen LogP contribution in [0.5, 0.6) is 5.75 Å². The topological polar surface area (TPSA) is 35.2 Å². The number of hydrogen-bond acceptors (Lipinski definition) is 2. The average Bonchev–Trinajstić information content (AvgIpc) is 2.74. The number of rotatable bonds is 3. The lowest BCUT2D eigenvalue weighted by Gasteiger charge is -2.13. The minimum Gasteiger partial charge on any atom is -0.491 e. The minimum atomic E-state index is 0.465. The van der Waals surface area contributed by atoms with Gasteiger partial charge in [0, 0.05) is 6.07 Å². The van der Waals surface area contributed by atoms with Crippen LogP contribution in [0.25, 0.3) is 0 Å². The molecular weight excluding hydrogens is 245 g/mol. The first-order chi connectivity index (χ1) is 7.66. The van der Waals surface area contributed by atoms with Crippen molar-refractivity contribution in [1.29, 1.82) is 0 Å². The summed E-state index contributed by atoms with van der Waals surface area (Å²) in [5.74, 6) is 1.30. The molecule has 2 rings (SSSR count). The second-order valence-corrected chi connectivity index (χ2v) is 5.08. The van der Waals surface area contributed by atoms with Crippen molar-refractivity contribution in [2.24, 2.45) is 5.92 Å². The Labute approximate surface area is 106 Å². The largest absolute Gasteiger partial charge is 0.491 e. The van der Waals surface area contributed by atoms with Crippen LogP contribution in [-0.2, 0) is 0 Å². The van der Waals surface area contributed by atoms with Gasteiger partial charge in [0.1, 0.15) is 5.75 Å². The van der Waals surface area contributed by atoms with Gasteiger partial charge in [-0.25, -0.2) is 0 Å². The zero-order chi connectivity index (χ0) is 11.5. The molecule has 1 aliphatic rings. The third-order valence-electron chi connectivity index (χ3n) is 3.00. The number of nitrogen functional groups attached to an aromatic ring is 1. The van der Waals surface area contributed by atoms with Crippen LogP contribution in [-0.4, -0.2) is 6.61 Å². The van der Waals surface area contributed by atoms with Gasteiger partial charge in [-0.2, -0.15) is 0 Å². The van der Waals surface area contributed by atoms with E-state index in [1.807, 2.05) is 0 Å². The molecule has 0 saturated heterocycles. The summed E-state index contributed by atoms with van der Waals surface area (Å²) in [5.41, 5.74) is 6.36. The number of ether oxygens (including phenoxy) is 1. The molecule has 1 fully saturated rings. The van der Waals surface area contributed by atoms with Crippen molar-refractivity contribution in [1.82, 2.24) is 0 Å². The molecule has 0 radical (unpaired) electrons. The standard InChI is InChI=1S/C12H15Cl2NO/c13-9-5-11(15)12(6-10(9)14)16-7-8-3-1-2-4-8/h5-6,8H,1-4,7,15H2. The predicted molar refractivity (Wildman–Crippen MR) is 68.3 cm³/mol. The average molecular weight is 260 g/mol. The molecular formula is C12H15Cl2NO. The Hall–Kier alpha value is -0.600. The molecule has 0 unspecified atom stereocenters. The van der Waals surface area contributed by atoms with Crippen molar-refractivity contribution >= 4 is 28.9 Å². The lowest BCUT2D eigenvalue weighted by atomic mass is 10.1. The summed E-state index contributed by atoms with van der Waals surface area (Å²) in [7, 11) is 0. The summed E-state index contributed by atoms with van der Waals surface area (Å²) in [6, 6.07) is 3.32. The molecule has 0 bridgehead atoms. The van der Waals surface area contributed by atoms with E-state index < -0.39 is 0 Å². The molecule has 1 aliphatic carbocycles. The van der Waals surface area contributed by atoms with Gasteiger partial charge in [0.15, 0.2) is 0 Å². The van der Waals surface area contributed by atoms with Gasteiger partial charge in [-0.1, -0.05) is 36.0 Å². The van der Waals surface area contributed by atoms with Crippen molar-refractivity contribution in [3.8, 4) is 5.75 Å². The van der Waals surface area contributed by atoms with Crippen LogP contribution in [0.1, 0.15) is 25.7 Å². The lowest BCUT2D eigenvalue weighted by molar-refractivity contribution is 0.253. The zero-order valence-corrected chi connectivity index (χ0v) is 10.5. The third-order valence-corrected chi connectivity index (χ3v) is 3.72. The molecule has 16 heavy (non-hydrogen) atoms. The second-order valence-electron chi connectivity index (χ2n) is 4.27. The van der Waals surface area contributed by atoms with E-state index in [0.717, 1.165) is 6.61 Å². The predicted octanol–water partition coefficient (Wildman–Crippen LogP) is 4.14. The van der Waals surface area contributed by atoms with E-state index in [1.165, 1.54) is 25.7 Å². The van der Waals surface area contributed by atoms with Gasteiger partial charge in [0.2, 0.25) is 0 Å². The fourth-order valence-corrected chi connectivity index (χ4v) is 2.38. The van der Waals surface area contributed by atoms with Crippen molar-refractivity contribution in [3.05, 3.63) is 22.2 Å². The zero-order valence-electron chi connectivity index (χ0n) is 9.01. The smallest absolute Gasteiger partial charge is 0.143 e. The van der Waals surface area contributed by atoms with Crippen LogP contribution in [0.15, 0.2) is 12.1 Å². The summed E-state index contributed by atoms with van der Waals surface area (Å²) in [4.78, 5) is 0. The summed E-state index contributed by atoms with van der Waals surface area (Å²) in [5, 5.41) is 0.949. The van der Waals surface area contributed by atoms with E-state index in [-0.39, 0.29) is 0 Å². The van der Waals surface area contributed by atoms with E-state index in [1.54, 1.807) is 12.1 Å². The number of benzene rings is 1. The molecule has 4 heteroatoms. The summed E-state index contributed by atoms with van der Waals surface area (Å²) in [6.45, 7) is 0.724. The summed E-state index contributed by atoms with van der Waals surface area (Å²) in [6.07, 6.45) is 5.12. The van der Waals surface area contributed by atoms with Crippen molar-refractivity contribution in [3.63, 3.8) is 0 Å². The van der Waals surface area contributed by atoms with E-state index in [4.69, 9.17) is 33.7 Å². The molecule has 0 aromatic heterocycles. The van der Waals surface area contributed by atoms with Crippen LogP contribution in [0.2, 0.25) is 10.0 Å². The Bertz CT molecular complexity index is 376. The van der Waals surface area contributed by atoms with Crippen LogP contribution in [0.4, 0.5) is 5.69 Å². The summed E-state index contributed by atoms with van der Waals surface area (Å²) >= 11 is 11.8. The van der Waals surface area contributed by atoms with Crippen LogP contribution >= 0.6 is 23.2 Å². The Morgan fingerprint density at radius 3 is 2.50 bits per heavy atom. The highest BCUT2D eigenvalue weighted by Gasteiger charge is 2.16. The molecule has 2 nitrogen and oxygen atoms in total. The van der Waals surface area contributed by atoms with Gasteiger partial charge in [-0.15, -0.1) is 0 Å². The molecule has 88 valence electrons. The Balaban J connectivity index is 2.00. The maximum atomic E-state index is 5.91. The maximum Gasteiger partial charge on any atom is 0.143 e. The molecule has 0 spiro atoms. The van der Waals surface area contributed by atoms with Crippen molar-refractivity contribution in [2.75, 3.05) is 12.3 Å². The Morgan fingerprint density at radius 1 is 1.19 bits per heavy atom. The molecule has 1 aromatic carbocycles. The highest BCUT2D eigenvalue weighted by Crippen LogP contribution is 2.33. The first-order valence-corrected chi connectivity index (χ1v) is 6.29. The van der Waals surface area contributed by atoms with E-state index in [2.05, 4.69) is 0 Å². The first kappa shape index (κ1) is 11.9. The van der Waals surface area contributed by atoms with Gasteiger partial charge in [-0.05, 0) is 24.8 Å². The normalized spacial score (nSPS) is 16.6. The highest BCUT2D eigenvalue weighted by molar-refractivity contribution is 6.42. The number of hydrogen-bond donors (Lipinski definition) is 1. The van der Waals surface area contributed by atoms with Crippen molar-refractivity contribution in [2.45, 2.75) is 25.7 Å². The number of anilines is 1. The Kier molecular flexibility index (Phi) is 3.82. The highest BCUT2D eigenvalue weighted by atomic mass is 35.5. The number of nitrogens with two attached hydrogens (primary N) is 1. The summed E-state index contributed by atoms with van der Waals surface area (Å²) < 4.78 is 5.69. The van der Waals surface area contributed by atoms with E-state index in [9.17, 15) is 0 Å². The van der Waals surface area contributed by atoms with Crippen LogP contribution in [0.3, 0.4) is 0 Å². The molecule has 2 N–H and O–H groups in total. The van der Waals surface area contributed by atoms with Gasteiger partial charge in [0.25, 0.3) is 0 Å². The second kappa shape index (κ2) is 5.15. The lowest BCUT2D eigenvalue weighted by Crippen LogP contribution is -2.09. The van der Waals surface area contributed by atoms with Gasteiger partial charge in [-0.3, -0.25) is 0 Å². The van der Waals surface area contributed by atoms with Crippen molar-refractivity contribution < 1.29 is 4.74 Å². The third kappa shape index (κ3) is 2.74. The molecule has 1 saturated carbocycles. The first-order valence-electron chi connectivity index (χ1n) is 5.54. The quantitative estimate of drug-likeness (QED) is 0.829. The molecule has 0 amide bonds. The van der Waals surface area contributed by atoms with E-state index in [0.29, 0.717) is 27.4 Å². The monoisotopic (exact) mass is 259 g/mol. The SMILES string of the molecule is Nc1cc(Cl)c(Cl)cc1OCC1CCCC1. The molecule has 1 aromatic rings. The fraction of sp³-hybridized carbons (Fsp3) is 0.500. The minimum absolute atomic E-state index is 0.465. The Morgan fingerprint density at radius 2 is 1.81 bits per heavy atom. The molecule has 0 heterocycles. The fourth-order valence-electron chi connectivity index (χ4n) is 2.05. The van der Waals surface area contributed by atoms with Gasteiger partial charge in [0.05, 0.1) is 22.3 Å².